The highest BCUT2D eigenvalue weighted by Gasteiger charge is 2.25. The minimum atomic E-state index is -1.20. The summed E-state index contributed by atoms with van der Waals surface area (Å²) in [4.78, 5) is 10.2. The zero-order valence-electron chi connectivity index (χ0n) is 5.25. The van der Waals surface area contributed by atoms with Crippen molar-refractivity contribution < 1.29 is 15.1 Å². The van der Waals surface area contributed by atoms with Gasteiger partial charge in [-0.15, -0.1) is 0 Å². The van der Waals surface area contributed by atoms with Crippen LogP contribution < -0.4 is 0 Å². The number of rotatable bonds is 2. The van der Waals surface area contributed by atoms with Gasteiger partial charge in [0.15, 0.2) is 0 Å². The molecule has 0 spiro atoms. The average Bonchev–Trinajstić information content (AvgIpc) is 1.65. The van der Waals surface area contributed by atoms with Gasteiger partial charge in [0, 0.05) is 0 Å². The van der Waals surface area contributed by atoms with Crippen LogP contribution in [0.2, 0.25) is 0 Å². The van der Waals surface area contributed by atoms with Crippen molar-refractivity contribution in [2.24, 2.45) is 10.6 Å². The maximum Gasteiger partial charge on any atom is 0.315 e. The van der Waals surface area contributed by atoms with Crippen LogP contribution in [0.1, 0.15) is 13.8 Å². The van der Waals surface area contributed by atoms with Crippen LogP contribution in [0.3, 0.4) is 0 Å². The zero-order chi connectivity index (χ0) is 7.49. The Morgan fingerprint density at radius 1 is 1.67 bits per heavy atom. The lowest BCUT2D eigenvalue weighted by molar-refractivity contribution is -0.143. The van der Waals surface area contributed by atoms with Crippen molar-refractivity contribution in [2.45, 2.75) is 13.8 Å². The molecule has 4 nitrogen and oxygen atoms in total. The van der Waals surface area contributed by atoms with Gasteiger partial charge >= 0.3 is 5.97 Å². The molecular formula is C5H8NO3. The van der Waals surface area contributed by atoms with E-state index in [9.17, 15) is 4.79 Å². The summed E-state index contributed by atoms with van der Waals surface area (Å²) in [7, 11) is 0. The highest BCUT2D eigenvalue weighted by molar-refractivity contribution is 5.92. The van der Waals surface area contributed by atoms with Gasteiger partial charge in [0.25, 0.3) is 0 Å². The Kier molecular flexibility index (Phi) is 2.19. The van der Waals surface area contributed by atoms with Crippen molar-refractivity contribution in [3.8, 4) is 0 Å². The Morgan fingerprint density at radius 2 is 2.11 bits per heavy atom. The van der Waals surface area contributed by atoms with Gasteiger partial charge in [-0.2, -0.15) is 0 Å². The number of aliphatic carboxylic acids is 1. The lowest BCUT2D eigenvalue weighted by Gasteiger charge is -2.08. The highest BCUT2D eigenvalue weighted by atomic mass is 16.4. The number of carbonyl (C=O) groups is 1. The molecule has 0 bridgehead atoms. The van der Waals surface area contributed by atoms with Gasteiger partial charge in [-0.1, -0.05) is 5.16 Å². The second-order valence-corrected chi connectivity index (χ2v) is 2.14. The number of hydrogen-bond acceptors (Lipinski definition) is 3. The van der Waals surface area contributed by atoms with E-state index >= 15 is 0 Å². The summed E-state index contributed by atoms with van der Waals surface area (Å²) >= 11 is 0. The van der Waals surface area contributed by atoms with E-state index in [1.54, 1.807) is 0 Å². The largest absolute Gasteiger partial charge is 0.481 e. The SMILES string of the molecule is CC(C)(/[C]=N/O)C(=O)O. The van der Waals surface area contributed by atoms with Gasteiger partial charge in [0.1, 0.15) is 11.6 Å². The Morgan fingerprint density at radius 3 is 2.22 bits per heavy atom. The third-order valence-corrected chi connectivity index (χ3v) is 0.864. The Labute approximate surface area is 52.8 Å². The summed E-state index contributed by atoms with van der Waals surface area (Å²) in [6, 6.07) is 0. The predicted octanol–water partition coefficient (Wildman–Crippen LogP) is 0.434. The van der Waals surface area contributed by atoms with Gasteiger partial charge in [0.05, 0.1) is 0 Å². The van der Waals surface area contributed by atoms with E-state index in [-0.39, 0.29) is 0 Å². The van der Waals surface area contributed by atoms with Crippen molar-refractivity contribution in [1.82, 2.24) is 0 Å². The Hall–Kier alpha value is -1.06. The molecule has 4 heteroatoms. The molecule has 0 aromatic carbocycles. The molecule has 0 aliphatic rings. The third kappa shape index (κ3) is 2.12. The van der Waals surface area contributed by atoms with Gasteiger partial charge < -0.3 is 10.3 Å². The molecular weight excluding hydrogens is 122 g/mol. The average molecular weight is 130 g/mol. The van der Waals surface area contributed by atoms with Crippen molar-refractivity contribution >= 4 is 12.2 Å². The monoisotopic (exact) mass is 130 g/mol. The Balaban J connectivity index is 4.19. The normalized spacial score (nSPS) is 12.2. The van der Waals surface area contributed by atoms with Crippen molar-refractivity contribution in [3.05, 3.63) is 0 Å². The van der Waals surface area contributed by atoms with Crippen LogP contribution in [0.4, 0.5) is 0 Å². The molecule has 0 saturated heterocycles. The van der Waals surface area contributed by atoms with E-state index in [1.807, 2.05) is 6.21 Å². The van der Waals surface area contributed by atoms with Crippen LogP contribution in [0.25, 0.3) is 0 Å². The summed E-state index contributed by atoms with van der Waals surface area (Å²) in [5.74, 6) is -1.07. The van der Waals surface area contributed by atoms with Crippen LogP contribution >= 0.6 is 0 Å². The summed E-state index contributed by atoms with van der Waals surface area (Å²) in [6.07, 6.45) is 2.00. The molecule has 0 amide bonds. The van der Waals surface area contributed by atoms with Crippen LogP contribution in [-0.2, 0) is 4.79 Å². The minimum Gasteiger partial charge on any atom is -0.481 e. The molecule has 0 heterocycles. The molecule has 0 aliphatic heterocycles. The highest BCUT2D eigenvalue weighted by Crippen LogP contribution is 2.10. The van der Waals surface area contributed by atoms with Crippen LogP contribution in [0.5, 0.6) is 0 Å². The topological polar surface area (TPSA) is 69.9 Å². The van der Waals surface area contributed by atoms with Crippen molar-refractivity contribution in [3.63, 3.8) is 0 Å². The van der Waals surface area contributed by atoms with E-state index < -0.39 is 11.4 Å². The summed E-state index contributed by atoms with van der Waals surface area (Å²) in [6.45, 7) is 2.77. The molecule has 0 aromatic rings. The molecule has 0 rings (SSSR count). The minimum absolute atomic E-state index is 1.07. The maximum atomic E-state index is 10.2. The molecule has 2 N–H and O–H groups in total. The zero-order valence-corrected chi connectivity index (χ0v) is 5.25. The fraction of sp³-hybridized carbons (Fsp3) is 0.600. The van der Waals surface area contributed by atoms with Gasteiger partial charge in [-0.05, 0) is 13.8 Å². The second-order valence-electron chi connectivity index (χ2n) is 2.14. The fourth-order valence-electron chi connectivity index (χ4n) is 0.173. The van der Waals surface area contributed by atoms with E-state index in [2.05, 4.69) is 5.16 Å². The smallest absolute Gasteiger partial charge is 0.315 e. The first-order chi connectivity index (χ1) is 4.00. The first kappa shape index (κ1) is 7.94. The summed E-state index contributed by atoms with van der Waals surface area (Å²) in [5.41, 5.74) is -1.20. The van der Waals surface area contributed by atoms with E-state index in [4.69, 9.17) is 10.3 Å². The number of hydrogen-bond donors (Lipinski definition) is 2. The first-order valence-electron chi connectivity index (χ1n) is 2.35. The molecule has 0 fully saturated rings. The van der Waals surface area contributed by atoms with Crippen molar-refractivity contribution in [2.75, 3.05) is 0 Å². The number of nitrogens with zero attached hydrogens (tertiary/aromatic N) is 1. The predicted molar refractivity (Wildman–Crippen MR) is 30.6 cm³/mol. The molecule has 51 valence electrons. The van der Waals surface area contributed by atoms with Gasteiger partial charge in [-0.3, -0.25) is 4.79 Å². The second kappa shape index (κ2) is 2.48. The summed E-state index contributed by atoms with van der Waals surface area (Å²) < 4.78 is 0. The standard InChI is InChI=1S/C5H8NO3/c1-5(2,3-6-9)4(7)8/h9H,1-2H3,(H,7,8). The number of carboxylic acid groups (broad SMARTS) is 1. The summed E-state index contributed by atoms with van der Waals surface area (Å²) in [5, 5.41) is 18.7. The molecule has 0 saturated carbocycles. The van der Waals surface area contributed by atoms with Crippen molar-refractivity contribution in [1.29, 1.82) is 0 Å². The maximum absolute atomic E-state index is 10.2. The van der Waals surface area contributed by atoms with Gasteiger partial charge in [-0.25, -0.2) is 0 Å². The fourth-order valence-corrected chi connectivity index (χ4v) is 0.173. The molecule has 9 heavy (non-hydrogen) atoms. The lowest BCUT2D eigenvalue weighted by Crippen LogP contribution is -2.24. The molecule has 0 unspecified atom stereocenters. The van der Waals surface area contributed by atoms with E-state index in [1.165, 1.54) is 13.8 Å². The third-order valence-electron chi connectivity index (χ3n) is 0.864. The van der Waals surface area contributed by atoms with Crippen LogP contribution in [0.15, 0.2) is 5.16 Å². The number of carboxylic acids is 1. The first-order valence-corrected chi connectivity index (χ1v) is 2.35. The molecule has 0 aliphatic carbocycles. The van der Waals surface area contributed by atoms with E-state index in [0.717, 1.165) is 0 Å². The lowest BCUT2D eigenvalue weighted by atomic mass is 9.96. The van der Waals surface area contributed by atoms with Gasteiger partial charge in [0.2, 0.25) is 0 Å². The molecule has 0 atom stereocenters. The quantitative estimate of drug-likeness (QED) is 0.323. The van der Waals surface area contributed by atoms with E-state index in [0.29, 0.717) is 0 Å². The molecule has 0 aromatic heterocycles. The molecule has 1 radical (unpaired) electrons. The Bertz CT molecular complexity index is 139. The van der Waals surface area contributed by atoms with Crippen LogP contribution in [0, 0.1) is 5.41 Å². The van der Waals surface area contributed by atoms with Crippen LogP contribution in [-0.4, -0.2) is 22.5 Å².